The lowest BCUT2D eigenvalue weighted by Crippen LogP contribution is -2.43. The number of halogens is 1. The van der Waals surface area contributed by atoms with Crippen LogP contribution in [-0.4, -0.2) is 41.5 Å². The molecular formula is C25H27FN2O6. The molecule has 9 heteroatoms. The van der Waals surface area contributed by atoms with Crippen LogP contribution < -0.4 is 5.32 Å². The molecule has 180 valence electrons. The molecule has 1 amide bonds. The minimum atomic E-state index is -1.13. The zero-order valence-corrected chi connectivity index (χ0v) is 19.5. The van der Waals surface area contributed by atoms with E-state index in [1.165, 1.54) is 36.1 Å². The number of hydrogen-bond acceptors (Lipinski definition) is 6. The van der Waals surface area contributed by atoms with Gasteiger partial charge in [-0.05, 0) is 50.1 Å². The third-order valence-electron chi connectivity index (χ3n) is 4.85. The highest BCUT2D eigenvalue weighted by Gasteiger charge is 2.27. The topological polar surface area (TPSA) is 95.9 Å². The van der Waals surface area contributed by atoms with Crippen molar-refractivity contribution in [3.8, 4) is 0 Å². The molecule has 1 atom stereocenters. The number of aromatic nitrogens is 1. The van der Waals surface area contributed by atoms with Crippen molar-refractivity contribution in [2.24, 2.45) is 0 Å². The molecule has 0 radical (unpaired) electrons. The van der Waals surface area contributed by atoms with Crippen LogP contribution in [0.3, 0.4) is 0 Å². The number of nitrogens with zero attached hydrogens (tertiary/aromatic N) is 1. The standard InChI is InChI=1S/C25H27FN2O6/c1-25(2,3)34-24(31)28-14-17(19-13-18(26)10-11-21(19)28)12-20(22(29)32-4)27-23(30)33-15-16-8-6-5-7-9-16/h5-11,13-14,20H,12,15H2,1-4H3,(H,27,30)/t20-/m0/s1. The van der Waals surface area contributed by atoms with Crippen molar-refractivity contribution in [3.05, 3.63) is 71.7 Å². The molecule has 0 fully saturated rings. The minimum Gasteiger partial charge on any atom is -0.467 e. The van der Waals surface area contributed by atoms with Crippen molar-refractivity contribution in [1.82, 2.24) is 9.88 Å². The van der Waals surface area contributed by atoms with Gasteiger partial charge in [-0.15, -0.1) is 0 Å². The van der Waals surface area contributed by atoms with Gasteiger partial charge in [0.1, 0.15) is 24.1 Å². The van der Waals surface area contributed by atoms with Gasteiger partial charge in [0, 0.05) is 18.0 Å². The van der Waals surface area contributed by atoms with Gasteiger partial charge >= 0.3 is 18.2 Å². The van der Waals surface area contributed by atoms with E-state index in [1.54, 1.807) is 32.9 Å². The van der Waals surface area contributed by atoms with Crippen LogP contribution >= 0.6 is 0 Å². The van der Waals surface area contributed by atoms with Gasteiger partial charge in [-0.2, -0.15) is 0 Å². The molecule has 0 spiro atoms. The second-order valence-corrected chi connectivity index (χ2v) is 8.65. The quantitative estimate of drug-likeness (QED) is 0.419. The van der Waals surface area contributed by atoms with Crippen LogP contribution in [0.25, 0.3) is 10.9 Å². The Bertz CT molecular complexity index is 1180. The van der Waals surface area contributed by atoms with E-state index in [1.807, 2.05) is 18.2 Å². The Labute approximate surface area is 196 Å². The molecule has 3 rings (SSSR count). The van der Waals surface area contributed by atoms with Crippen LogP contribution in [-0.2, 0) is 32.0 Å². The predicted molar refractivity (Wildman–Crippen MR) is 123 cm³/mol. The maximum Gasteiger partial charge on any atom is 0.419 e. The maximum absolute atomic E-state index is 14.0. The van der Waals surface area contributed by atoms with Crippen LogP contribution in [0, 0.1) is 5.82 Å². The molecule has 0 saturated carbocycles. The number of carbonyl (C=O) groups excluding carboxylic acids is 3. The lowest BCUT2D eigenvalue weighted by Gasteiger charge is -2.19. The van der Waals surface area contributed by atoms with Crippen molar-refractivity contribution in [3.63, 3.8) is 0 Å². The molecule has 1 aromatic heterocycles. The highest BCUT2D eigenvalue weighted by atomic mass is 19.1. The summed E-state index contributed by atoms with van der Waals surface area (Å²) in [5.74, 6) is -1.23. The summed E-state index contributed by atoms with van der Waals surface area (Å²) in [5.41, 5.74) is 0.884. The maximum atomic E-state index is 14.0. The van der Waals surface area contributed by atoms with Crippen LogP contribution in [0.4, 0.5) is 14.0 Å². The average molecular weight is 470 g/mol. The third kappa shape index (κ3) is 6.34. The van der Waals surface area contributed by atoms with E-state index in [0.717, 1.165) is 5.56 Å². The van der Waals surface area contributed by atoms with Crippen LogP contribution in [0.15, 0.2) is 54.7 Å². The number of hydrogen-bond donors (Lipinski definition) is 1. The van der Waals surface area contributed by atoms with Gasteiger partial charge in [0.2, 0.25) is 0 Å². The molecule has 1 heterocycles. The van der Waals surface area contributed by atoms with Crippen molar-refractivity contribution >= 4 is 29.1 Å². The summed E-state index contributed by atoms with van der Waals surface area (Å²) in [6.07, 6.45) is -0.0740. The highest BCUT2D eigenvalue weighted by Crippen LogP contribution is 2.25. The predicted octanol–water partition coefficient (Wildman–Crippen LogP) is 4.57. The van der Waals surface area contributed by atoms with E-state index in [-0.39, 0.29) is 13.0 Å². The fourth-order valence-electron chi connectivity index (χ4n) is 3.36. The number of methoxy groups -OCH3 is 1. The number of ether oxygens (including phenoxy) is 3. The number of amides is 1. The molecule has 0 saturated heterocycles. The highest BCUT2D eigenvalue weighted by molar-refractivity contribution is 5.93. The molecule has 0 bridgehead atoms. The molecule has 0 aliphatic carbocycles. The van der Waals surface area contributed by atoms with Crippen molar-refractivity contribution in [2.75, 3.05) is 7.11 Å². The Kier molecular flexibility index (Phi) is 7.55. The van der Waals surface area contributed by atoms with Crippen LogP contribution in [0.1, 0.15) is 31.9 Å². The zero-order valence-electron chi connectivity index (χ0n) is 19.5. The monoisotopic (exact) mass is 470 g/mol. The Hall–Kier alpha value is -3.88. The van der Waals surface area contributed by atoms with Gasteiger partial charge in [-0.1, -0.05) is 30.3 Å². The lowest BCUT2D eigenvalue weighted by molar-refractivity contribution is -0.143. The van der Waals surface area contributed by atoms with Crippen molar-refractivity contribution in [1.29, 1.82) is 0 Å². The summed E-state index contributed by atoms with van der Waals surface area (Å²) in [4.78, 5) is 37.4. The van der Waals surface area contributed by atoms with E-state index < -0.39 is 35.6 Å². The van der Waals surface area contributed by atoms with Gasteiger partial charge in [0.25, 0.3) is 0 Å². The second-order valence-electron chi connectivity index (χ2n) is 8.65. The summed E-state index contributed by atoms with van der Waals surface area (Å²) in [6.45, 7) is 5.21. The van der Waals surface area contributed by atoms with E-state index in [0.29, 0.717) is 16.5 Å². The SMILES string of the molecule is COC(=O)[C@H](Cc1cn(C(=O)OC(C)(C)C)c2ccc(F)cc12)NC(=O)OCc1ccccc1. The summed E-state index contributed by atoms with van der Waals surface area (Å²) < 4.78 is 30.7. The largest absolute Gasteiger partial charge is 0.467 e. The third-order valence-corrected chi connectivity index (χ3v) is 4.85. The number of alkyl carbamates (subject to hydrolysis) is 1. The molecule has 0 aliphatic rings. The van der Waals surface area contributed by atoms with Crippen LogP contribution in [0.2, 0.25) is 0 Å². The smallest absolute Gasteiger partial charge is 0.419 e. The number of fused-ring (bicyclic) bond motifs is 1. The molecule has 0 aliphatic heterocycles. The van der Waals surface area contributed by atoms with Gasteiger partial charge in [0.05, 0.1) is 12.6 Å². The van der Waals surface area contributed by atoms with Crippen LogP contribution in [0.5, 0.6) is 0 Å². The Morgan fingerprint density at radius 1 is 1.09 bits per heavy atom. The number of nitrogens with one attached hydrogen (secondary N) is 1. The molecule has 0 unspecified atom stereocenters. The minimum absolute atomic E-state index is 0.0176. The van der Waals surface area contributed by atoms with E-state index >= 15 is 0 Å². The van der Waals surface area contributed by atoms with Gasteiger partial charge in [-0.25, -0.2) is 18.8 Å². The fraction of sp³-hybridized carbons (Fsp3) is 0.320. The van der Waals surface area contributed by atoms with Gasteiger partial charge in [-0.3, -0.25) is 4.57 Å². The molecule has 2 aromatic carbocycles. The lowest BCUT2D eigenvalue weighted by atomic mass is 10.1. The van der Waals surface area contributed by atoms with E-state index in [9.17, 15) is 18.8 Å². The second kappa shape index (κ2) is 10.4. The molecule has 1 N–H and O–H groups in total. The summed E-state index contributed by atoms with van der Waals surface area (Å²) in [5, 5.41) is 2.89. The first-order valence-corrected chi connectivity index (χ1v) is 10.7. The number of carbonyl (C=O) groups is 3. The summed E-state index contributed by atoms with van der Waals surface area (Å²) in [7, 11) is 1.19. The molecule has 8 nitrogen and oxygen atoms in total. The first-order chi connectivity index (χ1) is 16.1. The Morgan fingerprint density at radius 2 is 1.79 bits per heavy atom. The normalized spacial score (nSPS) is 12.1. The molecular weight excluding hydrogens is 443 g/mol. The summed E-state index contributed by atoms with van der Waals surface area (Å²) in [6, 6.07) is 11.9. The van der Waals surface area contributed by atoms with Crippen molar-refractivity contribution < 1.29 is 33.0 Å². The average Bonchev–Trinajstić information content (AvgIpc) is 3.14. The van der Waals surface area contributed by atoms with E-state index in [4.69, 9.17) is 14.2 Å². The van der Waals surface area contributed by atoms with Crippen molar-refractivity contribution in [2.45, 2.75) is 45.4 Å². The number of benzene rings is 2. The summed E-state index contributed by atoms with van der Waals surface area (Å²) >= 11 is 0. The van der Waals surface area contributed by atoms with Gasteiger partial charge in [0.15, 0.2) is 0 Å². The van der Waals surface area contributed by atoms with Gasteiger partial charge < -0.3 is 19.5 Å². The fourth-order valence-corrected chi connectivity index (χ4v) is 3.36. The number of esters is 1. The Balaban J connectivity index is 1.84. The number of rotatable bonds is 6. The molecule has 34 heavy (non-hydrogen) atoms. The van der Waals surface area contributed by atoms with E-state index in [2.05, 4.69) is 5.32 Å². The Morgan fingerprint density at radius 3 is 2.44 bits per heavy atom. The zero-order chi connectivity index (χ0) is 24.9. The molecule has 3 aromatic rings. The first kappa shape index (κ1) is 24.8. The first-order valence-electron chi connectivity index (χ1n) is 10.7.